The summed E-state index contributed by atoms with van der Waals surface area (Å²) in [6.07, 6.45) is 0. The minimum absolute atomic E-state index is 0.601. The lowest BCUT2D eigenvalue weighted by Gasteiger charge is -2.25. The average Bonchev–Trinajstić information content (AvgIpc) is 2.58. The van der Waals surface area contributed by atoms with Crippen molar-refractivity contribution in [1.29, 1.82) is 0 Å². The van der Waals surface area contributed by atoms with E-state index in [0.29, 0.717) is 6.54 Å². The minimum Gasteiger partial charge on any atom is -0.379 e. The van der Waals surface area contributed by atoms with Crippen LogP contribution in [0.15, 0.2) is 24.3 Å². The van der Waals surface area contributed by atoms with Crippen molar-refractivity contribution in [3.63, 3.8) is 0 Å². The van der Waals surface area contributed by atoms with Crippen LogP contribution in [0.2, 0.25) is 0 Å². The molecule has 0 atom stereocenters. The first-order valence-electron chi connectivity index (χ1n) is 4.26. The van der Waals surface area contributed by atoms with Crippen molar-refractivity contribution in [1.82, 2.24) is 0 Å². The Morgan fingerprint density at radius 1 is 1.23 bits per heavy atom. The molecular weight excluding hydrogens is 166 g/mol. The van der Waals surface area contributed by atoms with Gasteiger partial charge < -0.3 is 14.8 Å². The second-order valence-corrected chi connectivity index (χ2v) is 3.06. The van der Waals surface area contributed by atoms with Crippen LogP contribution >= 0.6 is 0 Å². The predicted molar refractivity (Wildman–Crippen MR) is 50.6 cm³/mol. The molecule has 0 saturated heterocycles. The second kappa shape index (κ2) is 3.01. The fourth-order valence-corrected chi connectivity index (χ4v) is 1.72. The van der Waals surface area contributed by atoms with E-state index in [1.54, 1.807) is 14.2 Å². The number of ether oxygens (including phenoxy) is 2. The number of hydrogen-bond donors (Lipinski definition) is 1. The van der Waals surface area contributed by atoms with Gasteiger partial charge in [0.25, 0.3) is 0 Å². The fourth-order valence-electron chi connectivity index (χ4n) is 1.72. The number of nitrogens with one attached hydrogen (secondary N) is 1. The first kappa shape index (κ1) is 8.53. The van der Waals surface area contributed by atoms with Crippen LogP contribution in [0.5, 0.6) is 0 Å². The maximum absolute atomic E-state index is 5.39. The molecule has 0 saturated carbocycles. The largest absolute Gasteiger partial charge is 0.379 e. The van der Waals surface area contributed by atoms with Crippen molar-refractivity contribution in [2.75, 3.05) is 26.1 Å². The van der Waals surface area contributed by atoms with Crippen LogP contribution in [0.3, 0.4) is 0 Å². The third-order valence-corrected chi connectivity index (χ3v) is 2.51. The maximum Gasteiger partial charge on any atom is 0.214 e. The molecule has 70 valence electrons. The molecule has 1 aromatic carbocycles. The quantitative estimate of drug-likeness (QED) is 0.699. The van der Waals surface area contributed by atoms with Crippen LogP contribution in [-0.4, -0.2) is 20.8 Å². The second-order valence-electron chi connectivity index (χ2n) is 3.06. The lowest BCUT2D eigenvalue weighted by atomic mass is 10.1. The highest BCUT2D eigenvalue weighted by molar-refractivity contribution is 5.58. The van der Waals surface area contributed by atoms with E-state index >= 15 is 0 Å². The third kappa shape index (κ3) is 1.12. The smallest absolute Gasteiger partial charge is 0.214 e. The summed E-state index contributed by atoms with van der Waals surface area (Å²) in [6, 6.07) is 8.02. The van der Waals surface area contributed by atoms with Crippen LogP contribution in [0, 0.1) is 0 Å². The molecular formula is C10H13NO2. The number of para-hydroxylation sites is 1. The van der Waals surface area contributed by atoms with E-state index in [9.17, 15) is 0 Å². The first-order valence-corrected chi connectivity index (χ1v) is 4.26. The standard InChI is InChI=1S/C10H13NO2/c1-12-10(13-2)7-11-9-6-4-3-5-8(9)10/h3-6,11H,7H2,1-2H3. The molecule has 0 bridgehead atoms. The molecule has 1 heterocycles. The van der Waals surface area contributed by atoms with E-state index in [1.165, 1.54) is 0 Å². The number of fused-ring (bicyclic) bond motifs is 1. The van der Waals surface area contributed by atoms with Crippen LogP contribution in [0.1, 0.15) is 5.56 Å². The summed E-state index contributed by atoms with van der Waals surface area (Å²) in [5, 5.41) is 3.24. The zero-order valence-electron chi connectivity index (χ0n) is 7.83. The minimum atomic E-state index is -0.601. The molecule has 2 rings (SSSR count). The number of hydrogen-bond acceptors (Lipinski definition) is 3. The van der Waals surface area contributed by atoms with Crippen molar-refractivity contribution < 1.29 is 9.47 Å². The Hall–Kier alpha value is -1.06. The van der Waals surface area contributed by atoms with Gasteiger partial charge in [-0.25, -0.2) is 0 Å². The number of benzene rings is 1. The number of rotatable bonds is 2. The number of methoxy groups -OCH3 is 2. The van der Waals surface area contributed by atoms with Crippen LogP contribution in [0.25, 0.3) is 0 Å². The Morgan fingerprint density at radius 2 is 1.92 bits per heavy atom. The summed E-state index contributed by atoms with van der Waals surface area (Å²) < 4.78 is 10.8. The lowest BCUT2D eigenvalue weighted by molar-refractivity contribution is -0.200. The van der Waals surface area contributed by atoms with Gasteiger partial charge in [-0.15, -0.1) is 0 Å². The Labute approximate surface area is 77.7 Å². The summed E-state index contributed by atoms with van der Waals surface area (Å²) in [5.74, 6) is -0.601. The highest BCUT2D eigenvalue weighted by atomic mass is 16.7. The van der Waals surface area contributed by atoms with E-state index in [2.05, 4.69) is 5.32 Å². The molecule has 1 aromatic rings. The van der Waals surface area contributed by atoms with Gasteiger partial charge in [0.2, 0.25) is 5.79 Å². The summed E-state index contributed by atoms with van der Waals surface area (Å²) in [6.45, 7) is 0.666. The SMILES string of the molecule is COC1(OC)CNc2ccccc21. The normalized spacial score (nSPS) is 18.0. The van der Waals surface area contributed by atoms with Crippen molar-refractivity contribution in [2.24, 2.45) is 0 Å². The van der Waals surface area contributed by atoms with Crippen LogP contribution < -0.4 is 5.32 Å². The predicted octanol–water partition coefficient (Wildman–Crippen LogP) is 1.56. The monoisotopic (exact) mass is 179 g/mol. The molecule has 1 aliphatic rings. The summed E-state index contributed by atoms with van der Waals surface area (Å²) in [5.41, 5.74) is 2.16. The van der Waals surface area contributed by atoms with Crippen LogP contribution in [-0.2, 0) is 15.3 Å². The van der Waals surface area contributed by atoms with Crippen molar-refractivity contribution in [3.05, 3.63) is 29.8 Å². The van der Waals surface area contributed by atoms with Gasteiger partial charge in [0.05, 0.1) is 6.54 Å². The molecule has 0 aromatic heterocycles. The van der Waals surface area contributed by atoms with E-state index < -0.39 is 5.79 Å². The molecule has 3 nitrogen and oxygen atoms in total. The van der Waals surface area contributed by atoms with Gasteiger partial charge >= 0.3 is 0 Å². The Morgan fingerprint density at radius 3 is 2.62 bits per heavy atom. The fraction of sp³-hybridized carbons (Fsp3) is 0.400. The van der Waals surface area contributed by atoms with Crippen molar-refractivity contribution in [3.8, 4) is 0 Å². The van der Waals surface area contributed by atoms with Gasteiger partial charge in [0, 0.05) is 25.5 Å². The highest BCUT2D eigenvalue weighted by Gasteiger charge is 2.38. The van der Waals surface area contributed by atoms with Gasteiger partial charge in [-0.1, -0.05) is 18.2 Å². The van der Waals surface area contributed by atoms with Crippen molar-refractivity contribution in [2.45, 2.75) is 5.79 Å². The van der Waals surface area contributed by atoms with E-state index in [4.69, 9.17) is 9.47 Å². The molecule has 1 N–H and O–H groups in total. The molecule has 3 heteroatoms. The zero-order chi connectivity index (χ0) is 9.31. The molecule has 0 amide bonds. The van der Waals surface area contributed by atoms with E-state index in [1.807, 2.05) is 24.3 Å². The molecule has 0 radical (unpaired) electrons. The summed E-state index contributed by atoms with van der Waals surface area (Å²) >= 11 is 0. The molecule has 1 aliphatic heterocycles. The van der Waals surface area contributed by atoms with Crippen molar-refractivity contribution >= 4 is 5.69 Å². The Balaban J connectivity index is 2.47. The summed E-state index contributed by atoms with van der Waals surface area (Å²) in [7, 11) is 3.32. The lowest BCUT2D eigenvalue weighted by Crippen LogP contribution is -2.32. The topological polar surface area (TPSA) is 30.5 Å². The molecule has 0 fully saturated rings. The van der Waals surface area contributed by atoms with Crippen LogP contribution in [0.4, 0.5) is 5.69 Å². The average molecular weight is 179 g/mol. The zero-order valence-corrected chi connectivity index (χ0v) is 7.83. The molecule has 0 spiro atoms. The maximum atomic E-state index is 5.39. The van der Waals surface area contributed by atoms with Gasteiger partial charge in [-0.05, 0) is 6.07 Å². The first-order chi connectivity index (χ1) is 6.32. The Kier molecular flexibility index (Phi) is 1.98. The van der Waals surface area contributed by atoms with Gasteiger partial charge in [-0.2, -0.15) is 0 Å². The third-order valence-electron chi connectivity index (χ3n) is 2.51. The van der Waals surface area contributed by atoms with Gasteiger partial charge in [0.15, 0.2) is 0 Å². The highest BCUT2D eigenvalue weighted by Crippen LogP contribution is 2.37. The molecule has 0 aliphatic carbocycles. The summed E-state index contributed by atoms with van der Waals surface area (Å²) in [4.78, 5) is 0. The van der Waals surface area contributed by atoms with Gasteiger partial charge in [-0.3, -0.25) is 0 Å². The van der Waals surface area contributed by atoms with E-state index in [-0.39, 0.29) is 0 Å². The molecule has 13 heavy (non-hydrogen) atoms. The number of anilines is 1. The van der Waals surface area contributed by atoms with Gasteiger partial charge in [0.1, 0.15) is 0 Å². The Bertz CT molecular complexity index is 308. The van der Waals surface area contributed by atoms with E-state index in [0.717, 1.165) is 11.3 Å². The molecule has 0 unspecified atom stereocenters.